The van der Waals surface area contributed by atoms with Crippen LogP contribution in [0.1, 0.15) is 26.7 Å². The summed E-state index contributed by atoms with van der Waals surface area (Å²) in [6, 6.07) is -0.0509. The Morgan fingerprint density at radius 2 is 1.88 bits per heavy atom. The highest BCUT2D eigenvalue weighted by Crippen LogP contribution is 2.11. The monoisotopic (exact) mass is 227 g/mol. The van der Waals surface area contributed by atoms with E-state index in [1.807, 2.05) is 13.8 Å². The first-order chi connectivity index (χ1) is 7.50. The summed E-state index contributed by atoms with van der Waals surface area (Å²) in [4.78, 5) is 26.3. The van der Waals surface area contributed by atoms with Crippen LogP contribution in [0.5, 0.6) is 0 Å². The maximum absolute atomic E-state index is 12.1. The largest absolute Gasteiger partial charge is 0.368 e. The van der Waals surface area contributed by atoms with Gasteiger partial charge in [-0.1, -0.05) is 13.8 Å². The van der Waals surface area contributed by atoms with Gasteiger partial charge in [-0.3, -0.25) is 4.79 Å². The van der Waals surface area contributed by atoms with Crippen molar-refractivity contribution in [3.8, 4) is 0 Å². The molecule has 1 aliphatic rings. The van der Waals surface area contributed by atoms with E-state index < -0.39 is 5.91 Å². The van der Waals surface area contributed by atoms with E-state index in [9.17, 15) is 9.59 Å². The standard InChI is InChI=1S/C11H21N3O2/c1-9(2)7-14(8-10(12)15)11(16)13-5-3-4-6-13/h9H,3-8H2,1-2H3,(H2,12,15). The normalized spacial score (nSPS) is 15.6. The summed E-state index contributed by atoms with van der Waals surface area (Å²) >= 11 is 0. The minimum atomic E-state index is -0.451. The van der Waals surface area contributed by atoms with Gasteiger partial charge >= 0.3 is 6.03 Å². The first-order valence-electron chi connectivity index (χ1n) is 5.83. The highest BCUT2D eigenvalue weighted by atomic mass is 16.2. The molecule has 0 unspecified atom stereocenters. The molecule has 1 heterocycles. The van der Waals surface area contributed by atoms with Crippen molar-refractivity contribution in [2.24, 2.45) is 11.7 Å². The molecule has 1 aliphatic heterocycles. The van der Waals surface area contributed by atoms with Crippen LogP contribution in [-0.4, -0.2) is 47.9 Å². The summed E-state index contributed by atoms with van der Waals surface area (Å²) in [5.74, 6) is -0.112. The van der Waals surface area contributed by atoms with Crippen LogP contribution >= 0.6 is 0 Å². The number of carbonyl (C=O) groups excluding carboxylic acids is 2. The Morgan fingerprint density at radius 1 is 1.31 bits per heavy atom. The van der Waals surface area contributed by atoms with Gasteiger partial charge in [0.25, 0.3) is 0 Å². The lowest BCUT2D eigenvalue weighted by Gasteiger charge is -2.28. The van der Waals surface area contributed by atoms with E-state index in [1.54, 1.807) is 9.80 Å². The second kappa shape index (κ2) is 5.72. The number of amides is 3. The summed E-state index contributed by atoms with van der Waals surface area (Å²) in [7, 11) is 0. The Balaban J connectivity index is 2.58. The number of hydrogen-bond donors (Lipinski definition) is 1. The predicted octanol–water partition coefficient (Wildman–Crippen LogP) is 0.645. The predicted molar refractivity (Wildman–Crippen MR) is 61.8 cm³/mol. The average molecular weight is 227 g/mol. The fourth-order valence-corrected chi connectivity index (χ4v) is 1.95. The molecule has 0 aromatic rings. The lowest BCUT2D eigenvalue weighted by molar-refractivity contribution is -0.118. The minimum absolute atomic E-state index is 0.0213. The van der Waals surface area contributed by atoms with Crippen molar-refractivity contribution >= 4 is 11.9 Å². The fraction of sp³-hybridized carbons (Fsp3) is 0.818. The van der Waals surface area contributed by atoms with Crippen LogP contribution in [0, 0.1) is 5.92 Å². The van der Waals surface area contributed by atoms with Crippen molar-refractivity contribution in [3.63, 3.8) is 0 Å². The molecule has 3 amide bonds. The molecule has 2 N–H and O–H groups in total. The Hall–Kier alpha value is -1.26. The molecule has 92 valence electrons. The number of carbonyl (C=O) groups is 2. The lowest BCUT2D eigenvalue weighted by atomic mass is 10.2. The van der Waals surface area contributed by atoms with E-state index in [0.717, 1.165) is 25.9 Å². The molecule has 0 radical (unpaired) electrons. The Bertz CT molecular complexity index is 260. The summed E-state index contributed by atoms with van der Waals surface area (Å²) in [6.45, 7) is 6.24. The summed E-state index contributed by atoms with van der Waals surface area (Å²) in [5, 5.41) is 0. The molecule has 1 rings (SSSR count). The molecule has 0 aliphatic carbocycles. The quantitative estimate of drug-likeness (QED) is 0.766. The van der Waals surface area contributed by atoms with E-state index in [4.69, 9.17) is 5.73 Å². The number of nitrogens with two attached hydrogens (primary N) is 1. The third-order valence-electron chi connectivity index (χ3n) is 2.58. The van der Waals surface area contributed by atoms with Gasteiger partial charge in [0, 0.05) is 19.6 Å². The molecule has 0 atom stereocenters. The maximum atomic E-state index is 12.1. The average Bonchev–Trinajstić information content (AvgIpc) is 2.66. The van der Waals surface area contributed by atoms with Crippen LogP contribution < -0.4 is 5.73 Å². The van der Waals surface area contributed by atoms with Gasteiger partial charge in [-0.2, -0.15) is 0 Å². The molecular formula is C11H21N3O2. The van der Waals surface area contributed by atoms with Gasteiger partial charge in [-0.25, -0.2) is 4.79 Å². The van der Waals surface area contributed by atoms with Crippen molar-refractivity contribution < 1.29 is 9.59 Å². The highest BCUT2D eigenvalue weighted by Gasteiger charge is 2.24. The first-order valence-corrected chi connectivity index (χ1v) is 5.83. The molecule has 16 heavy (non-hydrogen) atoms. The molecule has 5 nitrogen and oxygen atoms in total. The summed E-state index contributed by atoms with van der Waals surface area (Å²) in [5.41, 5.74) is 5.15. The van der Waals surface area contributed by atoms with Crippen LogP contribution in [0.2, 0.25) is 0 Å². The van der Waals surface area contributed by atoms with Gasteiger partial charge < -0.3 is 15.5 Å². The number of urea groups is 1. The second-order valence-corrected chi connectivity index (χ2v) is 4.72. The van der Waals surface area contributed by atoms with Gasteiger partial charge in [-0.05, 0) is 18.8 Å². The van der Waals surface area contributed by atoms with E-state index in [1.165, 1.54) is 0 Å². The third-order valence-corrected chi connectivity index (χ3v) is 2.58. The van der Waals surface area contributed by atoms with Crippen molar-refractivity contribution in [1.29, 1.82) is 0 Å². The first kappa shape index (κ1) is 12.8. The summed E-state index contributed by atoms with van der Waals surface area (Å²) in [6.07, 6.45) is 2.11. The molecule has 5 heteroatoms. The Labute approximate surface area is 96.6 Å². The summed E-state index contributed by atoms with van der Waals surface area (Å²) < 4.78 is 0. The zero-order chi connectivity index (χ0) is 12.1. The van der Waals surface area contributed by atoms with Crippen molar-refractivity contribution in [3.05, 3.63) is 0 Å². The van der Waals surface area contributed by atoms with Crippen molar-refractivity contribution in [2.45, 2.75) is 26.7 Å². The van der Waals surface area contributed by atoms with Crippen LogP contribution in [0.25, 0.3) is 0 Å². The van der Waals surface area contributed by atoms with Gasteiger partial charge in [0.1, 0.15) is 6.54 Å². The van der Waals surface area contributed by atoms with E-state index in [-0.39, 0.29) is 12.6 Å². The molecule has 1 saturated heterocycles. The van der Waals surface area contributed by atoms with Gasteiger partial charge in [0.05, 0.1) is 0 Å². The van der Waals surface area contributed by atoms with Gasteiger partial charge in [0.2, 0.25) is 5.91 Å². The van der Waals surface area contributed by atoms with Crippen LogP contribution in [0.15, 0.2) is 0 Å². The van der Waals surface area contributed by atoms with E-state index in [2.05, 4.69) is 0 Å². The minimum Gasteiger partial charge on any atom is -0.368 e. The zero-order valence-electron chi connectivity index (χ0n) is 10.1. The molecule has 0 bridgehead atoms. The number of rotatable bonds is 4. The van der Waals surface area contributed by atoms with Crippen LogP contribution in [0.4, 0.5) is 4.79 Å². The van der Waals surface area contributed by atoms with Gasteiger partial charge in [0.15, 0.2) is 0 Å². The van der Waals surface area contributed by atoms with E-state index in [0.29, 0.717) is 12.5 Å². The molecular weight excluding hydrogens is 206 g/mol. The van der Waals surface area contributed by atoms with Crippen LogP contribution in [-0.2, 0) is 4.79 Å². The van der Waals surface area contributed by atoms with Crippen LogP contribution in [0.3, 0.4) is 0 Å². The number of likely N-dealkylation sites (tertiary alicyclic amines) is 1. The van der Waals surface area contributed by atoms with Crippen molar-refractivity contribution in [1.82, 2.24) is 9.80 Å². The number of nitrogens with zero attached hydrogens (tertiary/aromatic N) is 2. The fourth-order valence-electron chi connectivity index (χ4n) is 1.95. The second-order valence-electron chi connectivity index (χ2n) is 4.72. The molecule has 0 aromatic heterocycles. The number of primary amides is 1. The highest BCUT2D eigenvalue weighted by molar-refractivity contribution is 5.83. The van der Waals surface area contributed by atoms with E-state index >= 15 is 0 Å². The third kappa shape index (κ3) is 3.72. The van der Waals surface area contributed by atoms with Gasteiger partial charge in [-0.15, -0.1) is 0 Å². The van der Waals surface area contributed by atoms with Crippen molar-refractivity contribution in [2.75, 3.05) is 26.2 Å². The zero-order valence-corrected chi connectivity index (χ0v) is 10.1. The smallest absolute Gasteiger partial charge is 0.320 e. The number of hydrogen-bond acceptors (Lipinski definition) is 2. The SMILES string of the molecule is CC(C)CN(CC(N)=O)C(=O)N1CCCC1. The molecule has 0 spiro atoms. The maximum Gasteiger partial charge on any atom is 0.320 e. The molecule has 0 saturated carbocycles. The molecule has 1 fully saturated rings. The lowest BCUT2D eigenvalue weighted by Crippen LogP contribution is -2.47. The Kier molecular flexibility index (Phi) is 4.58. The molecule has 0 aromatic carbocycles. The Morgan fingerprint density at radius 3 is 2.31 bits per heavy atom. The topological polar surface area (TPSA) is 66.6 Å².